The van der Waals surface area contributed by atoms with Crippen molar-refractivity contribution in [1.29, 1.82) is 0 Å². The number of hydrogen-bond acceptors (Lipinski definition) is 3. The van der Waals surface area contributed by atoms with Crippen LogP contribution in [0.5, 0.6) is 11.5 Å². The van der Waals surface area contributed by atoms with E-state index in [1.165, 1.54) is 0 Å². The Kier molecular flexibility index (Phi) is 6.46. The Bertz CT molecular complexity index is 713. The molecule has 5 heteroatoms. The highest BCUT2D eigenvalue weighted by Gasteiger charge is 2.04. The molecule has 0 saturated heterocycles. The molecule has 2 aromatic rings. The Labute approximate surface area is 149 Å². The zero-order chi connectivity index (χ0) is 16.7. The van der Waals surface area contributed by atoms with Gasteiger partial charge in [-0.3, -0.25) is 0 Å². The topological polar surface area (TPSA) is 47.6 Å². The molecule has 0 aromatic heterocycles. The summed E-state index contributed by atoms with van der Waals surface area (Å²) in [6.07, 6.45) is 1.26. The zero-order valence-electron chi connectivity index (χ0n) is 13.0. The Morgan fingerprint density at radius 1 is 1.17 bits per heavy atom. The number of halogens is 1. The standard InChI is InChI=1S/C18H18INO3/c1-3-13(2)22-18(21)20-12-14-6-4-8-16(10-14)23-17-9-5-7-15(19)11-17/h3-11H,12H2,1-2H3,(H,20,21)/b13-3-. The predicted molar refractivity (Wildman–Crippen MR) is 98.4 cm³/mol. The van der Waals surface area contributed by atoms with Crippen molar-refractivity contribution in [2.75, 3.05) is 0 Å². The summed E-state index contributed by atoms with van der Waals surface area (Å²) in [4.78, 5) is 11.6. The van der Waals surface area contributed by atoms with Crippen LogP contribution in [0.3, 0.4) is 0 Å². The quantitative estimate of drug-likeness (QED) is 0.529. The molecule has 0 bridgehead atoms. The number of allylic oxidation sites excluding steroid dienone is 2. The molecule has 4 nitrogen and oxygen atoms in total. The molecule has 0 aliphatic heterocycles. The van der Waals surface area contributed by atoms with E-state index < -0.39 is 6.09 Å². The summed E-state index contributed by atoms with van der Waals surface area (Å²) < 4.78 is 12.0. The molecule has 2 aromatic carbocycles. The summed E-state index contributed by atoms with van der Waals surface area (Å²) in [5.41, 5.74) is 0.934. The van der Waals surface area contributed by atoms with Crippen molar-refractivity contribution >= 4 is 28.7 Å². The summed E-state index contributed by atoms with van der Waals surface area (Å²) in [6, 6.07) is 15.4. The number of alkyl carbamates (subject to hydrolysis) is 1. The van der Waals surface area contributed by atoms with Crippen LogP contribution >= 0.6 is 22.6 Å². The Balaban J connectivity index is 1.96. The van der Waals surface area contributed by atoms with Crippen molar-refractivity contribution in [3.8, 4) is 11.5 Å². The lowest BCUT2D eigenvalue weighted by atomic mass is 10.2. The molecule has 0 fully saturated rings. The van der Waals surface area contributed by atoms with Crippen molar-refractivity contribution < 1.29 is 14.3 Å². The molecular weight excluding hydrogens is 405 g/mol. The van der Waals surface area contributed by atoms with E-state index in [0.717, 1.165) is 20.6 Å². The van der Waals surface area contributed by atoms with Gasteiger partial charge in [-0.05, 0) is 78.4 Å². The third-order valence-corrected chi connectivity index (χ3v) is 3.70. The first-order valence-corrected chi connectivity index (χ1v) is 8.25. The van der Waals surface area contributed by atoms with E-state index in [1.54, 1.807) is 13.0 Å². The minimum atomic E-state index is -0.468. The average molecular weight is 423 g/mol. The normalized spacial score (nSPS) is 11.0. The van der Waals surface area contributed by atoms with Crippen LogP contribution in [0.25, 0.3) is 0 Å². The third-order valence-electron chi connectivity index (χ3n) is 3.03. The second-order valence-corrected chi connectivity index (χ2v) is 6.09. The summed E-state index contributed by atoms with van der Waals surface area (Å²) >= 11 is 2.24. The van der Waals surface area contributed by atoms with E-state index in [0.29, 0.717) is 12.3 Å². The van der Waals surface area contributed by atoms with Gasteiger partial charge >= 0.3 is 6.09 Å². The van der Waals surface area contributed by atoms with Crippen LogP contribution in [0.2, 0.25) is 0 Å². The molecule has 1 amide bonds. The fourth-order valence-electron chi connectivity index (χ4n) is 1.80. The molecule has 0 unspecified atom stereocenters. The Morgan fingerprint density at radius 3 is 2.57 bits per heavy atom. The highest BCUT2D eigenvalue weighted by atomic mass is 127. The molecule has 0 saturated carbocycles. The lowest BCUT2D eigenvalue weighted by molar-refractivity contribution is 0.175. The first kappa shape index (κ1) is 17.3. The van der Waals surface area contributed by atoms with Gasteiger partial charge in [-0.25, -0.2) is 4.79 Å². The SMILES string of the molecule is C/C=C(/C)OC(=O)NCc1cccc(Oc2cccc(I)c2)c1. The molecular formula is C18H18INO3. The highest BCUT2D eigenvalue weighted by molar-refractivity contribution is 14.1. The van der Waals surface area contributed by atoms with Gasteiger partial charge in [0.2, 0.25) is 0 Å². The molecule has 0 aliphatic carbocycles. The molecule has 0 heterocycles. The van der Waals surface area contributed by atoms with E-state index in [9.17, 15) is 4.79 Å². The number of benzene rings is 2. The third kappa shape index (κ3) is 5.94. The van der Waals surface area contributed by atoms with E-state index >= 15 is 0 Å². The number of ether oxygens (including phenoxy) is 2. The van der Waals surface area contributed by atoms with E-state index in [2.05, 4.69) is 27.9 Å². The zero-order valence-corrected chi connectivity index (χ0v) is 15.2. The number of amides is 1. The molecule has 1 N–H and O–H groups in total. The second-order valence-electron chi connectivity index (χ2n) is 4.85. The number of rotatable bonds is 5. The monoisotopic (exact) mass is 423 g/mol. The Morgan fingerprint density at radius 2 is 1.87 bits per heavy atom. The molecule has 0 spiro atoms. The van der Waals surface area contributed by atoms with Crippen molar-refractivity contribution in [2.45, 2.75) is 20.4 Å². The number of carbonyl (C=O) groups excluding carboxylic acids is 1. The van der Waals surface area contributed by atoms with Gasteiger partial charge in [0.15, 0.2) is 0 Å². The molecule has 23 heavy (non-hydrogen) atoms. The molecule has 120 valence electrons. The largest absolute Gasteiger partial charge is 0.457 e. The van der Waals surface area contributed by atoms with Crippen LogP contribution in [0, 0.1) is 3.57 Å². The lowest BCUT2D eigenvalue weighted by Gasteiger charge is -2.09. The minimum Gasteiger partial charge on any atom is -0.457 e. The number of carbonyl (C=O) groups is 1. The van der Waals surface area contributed by atoms with Crippen LogP contribution in [0.15, 0.2) is 60.4 Å². The summed E-state index contributed by atoms with van der Waals surface area (Å²) in [5.74, 6) is 2.08. The van der Waals surface area contributed by atoms with Crippen molar-refractivity contribution in [2.24, 2.45) is 0 Å². The second kappa shape index (κ2) is 8.57. The maximum absolute atomic E-state index is 11.6. The van der Waals surface area contributed by atoms with Crippen molar-refractivity contribution in [3.05, 3.63) is 69.5 Å². The predicted octanol–water partition coefficient (Wildman–Crippen LogP) is 5.23. The lowest BCUT2D eigenvalue weighted by Crippen LogP contribution is -2.23. The number of nitrogens with one attached hydrogen (secondary N) is 1. The Hall–Kier alpha value is -2.02. The highest BCUT2D eigenvalue weighted by Crippen LogP contribution is 2.23. The summed E-state index contributed by atoms with van der Waals surface area (Å²) in [5, 5.41) is 2.71. The van der Waals surface area contributed by atoms with E-state index in [1.807, 2.05) is 55.5 Å². The maximum atomic E-state index is 11.6. The minimum absolute atomic E-state index is 0.374. The first-order chi connectivity index (χ1) is 11.1. The fraction of sp³-hybridized carbons (Fsp3) is 0.167. The van der Waals surface area contributed by atoms with Gasteiger partial charge in [-0.2, -0.15) is 0 Å². The van der Waals surface area contributed by atoms with Gasteiger partial charge in [0.1, 0.15) is 17.3 Å². The fourth-order valence-corrected chi connectivity index (χ4v) is 2.32. The van der Waals surface area contributed by atoms with Crippen LogP contribution in [0.4, 0.5) is 4.79 Å². The first-order valence-electron chi connectivity index (χ1n) is 7.18. The maximum Gasteiger partial charge on any atom is 0.412 e. The van der Waals surface area contributed by atoms with Gasteiger partial charge in [0, 0.05) is 10.1 Å². The average Bonchev–Trinajstić information content (AvgIpc) is 2.53. The van der Waals surface area contributed by atoms with Crippen LogP contribution in [-0.2, 0) is 11.3 Å². The van der Waals surface area contributed by atoms with E-state index in [-0.39, 0.29) is 0 Å². The summed E-state index contributed by atoms with van der Waals surface area (Å²) in [7, 11) is 0. The summed E-state index contributed by atoms with van der Waals surface area (Å²) in [6.45, 7) is 3.92. The van der Waals surface area contributed by atoms with E-state index in [4.69, 9.17) is 9.47 Å². The van der Waals surface area contributed by atoms with Gasteiger partial charge < -0.3 is 14.8 Å². The smallest absolute Gasteiger partial charge is 0.412 e. The van der Waals surface area contributed by atoms with Crippen LogP contribution in [-0.4, -0.2) is 6.09 Å². The molecule has 0 atom stereocenters. The van der Waals surface area contributed by atoms with Gasteiger partial charge in [0.05, 0.1) is 0 Å². The van der Waals surface area contributed by atoms with Gasteiger partial charge in [-0.15, -0.1) is 0 Å². The van der Waals surface area contributed by atoms with Gasteiger partial charge in [-0.1, -0.05) is 18.2 Å². The van der Waals surface area contributed by atoms with Crippen LogP contribution < -0.4 is 10.1 Å². The molecule has 2 rings (SSSR count). The molecule has 0 radical (unpaired) electrons. The number of hydrogen-bond donors (Lipinski definition) is 1. The molecule has 0 aliphatic rings. The van der Waals surface area contributed by atoms with Crippen LogP contribution in [0.1, 0.15) is 19.4 Å². The van der Waals surface area contributed by atoms with Gasteiger partial charge in [0.25, 0.3) is 0 Å². The van der Waals surface area contributed by atoms with Crippen molar-refractivity contribution in [1.82, 2.24) is 5.32 Å². The van der Waals surface area contributed by atoms with Crippen molar-refractivity contribution in [3.63, 3.8) is 0 Å².